The molecule has 0 aliphatic carbocycles. The molecule has 146 valence electrons. The fourth-order valence-electron chi connectivity index (χ4n) is 3.11. The van der Waals surface area contributed by atoms with E-state index >= 15 is 0 Å². The van der Waals surface area contributed by atoms with Gasteiger partial charge in [0.2, 0.25) is 0 Å². The average Bonchev–Trinajstić information content (AvgIpc) is 2.60. The second-order valence-electron chi connectivity index (χ2n) is 6.46. The van der Waals surface area contributed by atoms with Gasteiger partial charge in [-0.15, -0.1) is 0 Å². The lowest BCUT2D eigenvalue weighted by molar-refractivity contribution is -0.137. The lowest BCUT2D eigenvalue weighted by atomic mass is 9.92. The second-order valence-corrected chi connectivity index (χ2v) is 6.46. The molecule has 0 saturated carbocycles. The first kappa shape index (κ1) is 19.5. The molecule has 0 radical (unpaired) electrons. The molecular weight excluding hydrogens is 371 g/mol. The average molecular weight is 389 g/mol. The summed E-state index contributed by atoms with van der Waals surface area (Å²) in [5, 5.41) is 7.75. The van der Waals surface area contributed by atoms with Crippen LogP contribution >= 0.6 is 0 Å². The van der Waals surface area contributed by atoms with E-state index in [9.17, 15) is 22.8 Å². The zero-order chi connectivity index (χ0) is 20.5. The summed E-state index contributed by atoms with van der Waals surface area (Å²) in [7, 11) is 0. The highest BCUT2D eigenvalue weighted by molar-refractivity contribution is 6.06. The van der Waals surface area contributed by atoms with Crippen LogP contribution in [0, 0.1) is 6.92 Å². The number of halogens is 3. The molecule has 0 saturated heterocycles. The van der Waals surface area contributed by atoms with E-state index in [1.165, 1.54) is 12.1 Å². The van der Waals surface area contributed by atoms with Crippen molar-refractivity contribution >= 4 is 17.6 Å². The third kappa shape index (κ3) is 4.00. The topological polar surface area (TPSA) is 70.2 Å². The quantitative estimate of drug-likeness (QED) is 0.733. The molecule has 2 aromatic carbocycles. The first-order valence-corrected chi connectivity index (χ1v) is 8.49. The lowest BCUT2D eigenvalue weighted by Gasteiger charge is -2.29. The summed E-state index contributed by atoms with van der Waals surface area (Å²) >= 11 is 0. The Balaban J connectivity index is 1.95. The SMILES string of the molecule is CC1=C(C(=O)Nc2cccc(C(F)(F)F)c2)C(c2ccccc2C)NC(=O)N1. The van der Waals surface area contributed by atoms with Crippen molar-refractivity contribution in [2.45, 2.75) is 26.1 Å². The second kappa shape index (κ2) is 7.38. The van der Waals surface area contributed by atoms with Gasteiger partial charge in [-0.25, -0.2) is 4.79 Å². The molecule has 3 amide bonds. The number of amides is 3. The van der Waals surface area contributed by atoms with Crippen LogP contribution in [0.25, 0.3) is 0 Å². The first-order chi connectivity index (χ1) is 13.2. The number of benzene rings is 2. The highest BCUT2D eigenvalue weighted by Crippen LogP contribution is 2.32. The number of carbonyl (C=O) groups excluding carboxylic acids is 2. The number of anilines is 1. The van der Waals surface area contributed by atoms with Crippen LogP contribution in [0.15, 0.2) is 59.8 Å². The van der Waals surface area contributed by atoms with E-state index in [-0.39, 0.29) is 11.3 Å². The molecule has 0 fully saturated rings. The van der Waals surface area contributed by atoms with Crippen molar-refractivity contribution in [1.82, 2.24) is 10.6 Å². The normalized spacial score (nSPS) is 17.0. The first-order valence-electron chi connectivity index (χ1n) is 8.49. The number of urea groups is 1. The molecule has 28 heavy (non-hydrogen) atoms. The van der Waals surface area contributed by atoms with Crippen LogP contribution in [0.1, 0.15) is 29.7 Å². The van der Waals surface area contributed by atoms with Gasteiger partial charge in [0.05, 0.1) is 17.2 Å². The zero-order valence-electron chi connectivity index (χ0n) is 15.1. The van der Waals surface area contributed by atoms with E-state index in [1.807, 2.05) is 19.1 Å². The van der Waals surface area contributed by atoms with Gasteiger partial charge >= 0.3 is 12.2 Å². The van der Waals surface area contributed by atoms with E-state index in [2.05, 4.69) is 16.0 Å². The lowest BCUT2D eigenvalue weighted by Crippen LogP contribution is -2.46. The summed E-state index contributed by atoms with van der Waals surface area (Å²) in [6, 6.07) is 10.5. The summed E-state index contributed by atoms with van der Waals surface area (Å²) < 4.78 is 38.7. The van der Waals surface area contributed by atoms with Crippen LogP contribution in [0.3, 0.4) is 0 Å². The molecule has 1 aliphatic heterocycles. The third-order valence-electron chi connectivity index (χ3n) is 4.46. The Morgan fingerprint density at radius 3 is 2.46 bits per heavy atom. The van der Waals surface area contributed by atoms with E-state index < -0.39 is 29.7 Å². The molecule has 1 unspecified atom stereocenters. The summed E-state index contributed by atoms with van der Waals surface area (Å²) in [6.45, 7) is 3.42. The Morgan fingerprint density at radius 1 is 1.07 bits per heavy atom. The number of nitrogens with one attached hydrogen (secondary N) is 3. The van der Waals surface area contributed by atoms with Gasteiger partial charge in [-0.3, -0.25) is 4.79 Å². The predicted octanol–water partition coefficient (Wildman–Crippen LogP) is 4.28. The minimum Gasteiger partial charge on any atom is -0.327 e. The Morgan fingerprint density at radius 2 is 1.79 bits per heavy atom. The zero-order valence-corrected chi connectivity index (χ0v) is 15.1. The number of hydrogen-bond donors (Lipinski definition) is 3. The number of carbonyl (C=O) groups is 2. The molecule has 3 N–H and O–H groups in total. The van der Waals surface area contributed by atoms with Gasteiger partial charge in [-0.05, 0) is 43.2 Å². The number of alkyl halides is 3. The van der Waals surface area contributed by atoms with Gasteiger partial charge in [-0.1, -0.05) is 30.3 Å². The van der Waals surface area contributed by atoms with Gasteiger partial charge in [0.15, 0.2) is 0 Å². The van der Waals surface area contributed by atoms with Gasteiger partial charge in [0.25, 0.3) is 5.91 Å². The number of rotatable bonds is 3. The van der Waals surface area contributed by atoms with Crippen LogP contribution in [0.5, 0.6) is 0 Å². The Kier molecular flexibility index (Phi) is 5.13. The maximum Gasteiger partial charge on any atom is 0.416 e. The van der Waals surface area contributed by atoms with Crippen LogP contribution in [0.4, 0.5) is 23.7 Å². The maximum absolute atomic E-state index is 12.9. The van der Waals surface area contributed by atoms with Crippen molar-refractivity contribution in [2.24, 2.45) is 0 Å². The van der Waals surface area contributed by atoms with Crippen LogP contribution < -0.4 is 16.0 Å². The number of hydrogen-bond acceptors (Lipinski definition) is 2. The monoisotopic (exact) mass is 389 g/mol. The Hall–Kier alpha value is -3.29. The van der Waals surface area contributed by atoms with Gasteiger partial charge in [-0.2, -0.15) is 13.2 Å². The standard InChI is InChI=1S/C20H18F3N3O2/c1-11-6-3-4-9-15(11)17-16(12(2)24-19(28)26-17)18(27)25-14-8-5-7-13(10-14)20(21,22)23/h3-10,17H,1-2H3,(H,25,27)(H2,24,26,28). The van der Waals surface area contributed by atoms with Crippen molar-refractivity contribution in [2.75, 3.05) is 5.32 Å². The summed E-state index contributed by atoms with van der Waals surface area (Å²) in [6.07, 6.45) is -4.51. The smallest absolute Gasteiger partial charge is 0.327 e. The molecule has 5 nitrogen and oxygen atoms in total. The van der Waals surface area contributed by atoms with Crippen molar-refractivity contribution in [1.29, 1.82) is 0 Å². The van der Waals surface area contributed by atoms with Crippen LogP contribution in [-0.4, -0.2) is 11.9 Å². The molecule has 1 atom stereocenters. The fourth-order valence-corrected chi connectivity index (χ4v) is 3.11. The summed E-state index contributed by atoms with van der Waals surface area (Å²) in [5.74, 6) is -0.599. The highest BCUT2D eigenvalue weighted by atomic mass is 19.4. The van der Waals surface area contributed by atoms with Crippen molar-refractivity contribution < 1.29 is 22.8 Å². The fraction of sp³-hybridized carbons (Fsp3) is 0.200. The molecule has 1 heterocycles. The molecule has 0 spiro atoms. The molecule has 3 rings (SSSR count). The van der Waals surface area contributed by atoms with Crippen LogP contribution in [0.2, 0.25) is 0 Å². The molecule has 0 aromatic heterocycles. The third-order valence-corrected chi connectivity index (χ3v) is 4.46. The molecule has 2 aromatic rings. The van der Waals surface area contributed by atoms with E-state index in [0.29, 0.717) is 5.70 Å². The summed E-state index contributed by atoms with van der Waals surface area (Å²) in [5.41, 5.74) is 1.31. The van der Waals surface area contributed by atoms with Gasteiger partial charge in [0, 0.05) is 11.4 Å². The Bertz CT molecular complexity index is 967. The number of aryl methyl sites for hydroxylation is 1. The molecule has 8 heteroatoms. The van der Waals surface area contributed by atoms with Crippen LogP contribution in [-0.2, 0) is 11.0 Å². The molecule has 1 aliphatic rings. The van der Waals surface area contributed by atoms with Crippen molar-refractivity contribution in [3.05, 3.63) is 76.5 Å². The maximum atomic E-state index is 12.9. The van der Waals surface area contributed by atoms with Gasteiger partial charge in [0.1, 0.15) is 0 Å². The number of allylic oxidation sites excluding steroid dienone is 1. The van der Waals surface area contributed by atoms with Crippen molar-refractivity contribution in [3.8, 4) is 0 Å². The minimum atomic E-state index is -4.51. The van der Waals surface area contributed by atoms with Gasteiger partial charge < -0.3 is 16.0 Å². The predicted molar refractivity (Wildman–Crippen MR) is 98.4 cm³/mol. The van der Waals surface area contributed by atoms with E-state index in [0.717, 1.165) is 23.3 Å². The summed E-state index contributed by atoms with van der Waals surface area (Å²) in [4.78, 5) is 24.8. The largest absolute Gasteiger partial charge is 0.416 e. The highest BCUT2D eigenvalue weighted by Gasteiger charge is 2.33. The van der Waals surface area contributed by atoms with E-state index in [4.69, 9.17) is 0 Å². The molecular formula is C20H18F3N3O2. The minimum absolute atomic E-state index is 0.0144. The van der Waals surface area contributed by atoms with E-state index in [1.54, 1.807) is 19.1 Å². The Labute approximate surface area is 159 Å². The van der Waals surface area contributed by atoms with Crippen molar-refractivity contribution in [3.63, 3.8) is 0 Å². The molecule has 0 bridgehead atoms.